The zero-order valence-electron chi connectivity index (χ0n) is 36.5. The summed E-state index contributed by atoms with van der Waals surface area (Å²) in [6, 6.07) is 6.63. The summed E-state index contributed by atoms with van der Waals surface area (Å²) < 4.78 is 6.04. The highest BCUT2D eigenvalue weighted by Crippen LogP contribution is 2.35. The normalized spacial score (nSPS) is 18.8. The minimum atomic E-state index is -0.971. The van der Waals surface area contributed by atoms with Crippen LogP contribution in [-0.4, -0.2) is 93.5 Å². The Kier molecular flexibility index (Phi) is 18.7. The van der Waals surface area contributed by atoms with Crippen LogP contribution in [0.4, 0.5) is 0 Å². The van der Waals surface area contributed by atoms with Crippen molar-refractivity contribution in [3.05, 3.63) is 51.5 Å². The Bertz CT molecular complexity index is 1710. The monoisotopic (exact) mass is 824 g/mol. The Morgan fingerprint density at radius 3 is 2.22 bits per heavy atom. The molecule has 1 fully saturated rings. The summed E-state index contributed by atoms with van der Waals surface area (Å²) in [6.45, 7) is 16.2. The fraction of sp³-hybridized carbons (Fsp3) is 0.667. The number of carboxylic acid groups (broad SMARTS) is 1. The zero-order chi connectivity index (χ0) is 43.3. The first-order valence-electron chi connectivity index (χ1n) is 21.1. The van der Waals surface area contributed by atoms with Crippen molar-refractivity contribution < 1.29 is 38.6 Å². The Hall–Kier alpha value is -3.97. The molecule has 0 aliphatic carbocycles. The molecule has 13 heteroatoms. The van der Waals surface area contributed by atoms with Gasteiger partial charge in [0.2, 0.25) is 5.91 Å². The lowest BCUT2D eigenvalue weighted by Crippen LogP contribution is -2.50. The third kappa shape index (κ3) is 13.3. The molecule has 2 amide bonds. The minimum absolute atomic E-state index is 0.0293. The molecule has 0 radical (unpaired) electrons. The number of Topliss-reactive ketones (excluding diaryl/α,β-unsaturated/α-hetero) is 2. The minimum Gasteiger partial charge on any atom is -0.481 e. The number of rotatable bonds is 24. The number of ketones is 2. The first kappa shape index (κ1) is 48.4. The molecule has 2 aromatic rings. The predicted molar refractivity (Wildman–Crippen MR) is 227 cm³/mol. The number of amides is 2. The van der Waals surface area contributed by atoms with E-state index in [4.69, 9.17) is 4.74 Å². The number of carboxylic acids is 1. The Morgan fingerprint density at radius 2 is 1.67 bits per heavy atom. The second kappa shape index (κ2) is 22.4. The van der Waals surface area contributed by atoms with E-state index >= 15 is 0 Å². The maximum atomic E-state index is 14.4. The van der Waals surface area contributed by atoms with Crippen molar-refractivity contribution in [3.8, 4) is 0 Å². The Morgan fingerprint density at radius 1 is 1.02 bits per heavy atom. The van der Waals surface area contributed by atoms with Gasteiger partial charge in [0, 0.05) is 62.5 Å². The van der Waals surface area contributed by atoms with E-state index in [9.17, 15) is 33.9 Å². The van der Waals surface area contributed by atoms with Crippen molar-refractivity contribution >= 4 is 46.7 Å². The molecule has 1 saturated heterocycles. The standard InChI is InChI=1S/C45H68N4O8S/c1-11-15-40(52)57-38(26-37(28(4)5)49(10)43(54)35(29(6)12-2)25-39(51)45(8)20-14-21-48(45)9)42-47-36(27-58-42)41(53)46-33(22-30(7)44(55)56)23-31-16-18-32(19-17-31)24-34(50)13-3/h16-19,27-30,33,35,37-38H,11-15,20-26H2,1-10H3,(H,46,53)(H,55,56)/t29-,30-,33+,35-,37+,38+,45+/m0/s1. The van der Waals surface area contributed by atoms with E-state index in [0.717, 1.165) is 36.9 Å². The second-order valence-corrected chi connectivity index (χ2v) is 17.8. The molecule has 1 aliphatic rings. The highest BCUT2D eigenvalue weighted by Gasteiger charge is 2.44. The number of aliphatic carboxylic acids is 1. The number of aromatic nitrogens is 1. The molecule has 3 rings (SSSR count). The van der Waals surface area contributed by atoms with Gasteiger partial charge in [-0.3, -0.25) is 33.7 Å². The van der Waals surface area contributed by atoms with Crippen LogP contribution in [0.25, 0.3) is 0 Å². The van der Waals surface area contributed by atoms with Crippen molar-refractivity contribution in [2.45, 2.75) is 150 Å². The molecular formula is C45H68N4O8S. The number of carbonyl (C=O) groups is 6. The highest BCUT2D eigenvalue weighted by atomic mass is 32.1. The molecule has 0 bridgehead atoms. The van der Waals surface area contributed by atoms with Gasteiger partial charge in [-0.15, -0.1) is 11.3 Å². The molecule has 12 nitrogen and oxygen atoms in total. The van der Waals surface area contributed by atoms with Gasteiger partial charge in [-0.2, -0.15) is 0 Å². The van der Waals surface area contributed by atoms with Crippen LogP contribution >= 0.6 is 11.3 Å². The first-order valence-corrected chi connectivity index (χ1v) is 22.0. The summed E-state index contributed by atoms with van der Waals surface area (Å²) in [7, 11) is 3.73. The van der Waals surface area contributed by atoms with Crippen LogP contribution in [-0.2, 0) is 41.6 Å². The van der Waals surface area contributed by atoms with Crippen LogP contribution in [0.3, 0.4) is 0 Å². The molecule has 2 heterocycles. The van der Waals surface area contributed by atoms with Crippen LogP contribution in [0, 0.1) is 23.7 Å². The topological polar surface area (TPSA) is 163 Å². The van der Waals surface area contributed by atoms with E-state index in [1.165, 1.54) is 11.3 Å². The lowest BCUT2D eigenvalue weighted by molar-refractivity contribution is -0.152. The van der Waals surface area contributed by atoms with Crippen LogP contribution in [0.5, 0.6) is 0 Å². The Labute approximate surface area is 349 Å². The van der Waals surface area contributed by atoms with Gasteiger partial charge < -0.3 is 20.1 Å². The largest absolute Gasteiger partial charge is 0.481 e. The number of hydrogen-bond donors (Lipinski definition) is 2. The van der Waals surface area contributed by atoms with Gasteiger partial charge in [0.05, 0.1) is 11.5 Å². The molecule has 322 valence electrons. The van der Waals surface area contributed by atoms with Crippen molar-refractivity contribution in [1.82, 2.24) is 20.1 Å². The number of likely N-dealkylation sites (N-methyl/N-ethyl adjacent to an activating group) is 1. The van der Waals surface area contributed by atoms with E-state index in [1.807, 2.05) is 79.8 Å². The van der Waals surface area contributed by atoms with Gasteiger partial charge in [0.1, 0.15) is 16.5 Å². The molecule has 1 aromatic heterocycles. The fourth-order valence-corrected chi connectivity index (χ4v) is 8.62. The number of hydrogen-bond acceptors (Lipinski definition) is 10. The van der Waals surface area contributed by atoms with Gasteiger partial charge in [-0.05, 0) is 75.6 Å². The van der Waals surface area contributed by atoms with Crippen LogP contribution in [0.2, 0.25) is 0 Å². The van der Waals surface area contributed by atoms with Crippen LogP contribution in [0.1, 0.15) is 146 Å². The molecule has 7 atom stereocenters. The van der Waals surface area contributed by atoms with Crippen molar-refractivity contribution in [3.63, 3.8) is 0 Å². The number of thiazole rings is 1. The number of nitrogens with zero attached hydrogens (tertiary/aromatic N) is 3. The third-order valence-electron chi connectivity index (χ3n) is 12.2. The van der Waals surface area contributed by atoms with Crippen molar-refractivity contribution in [1.29, 1.82) is 0 Å². The molecule has 0 spiro atoms. The smallest absolute Gasteiger partial charge is 0.306 e. The fourth-order valence-electron chi connectivity index (χ4n) is 7.78. The number of ether oxygens (including phenoxy) is 1. The summed E-state index contributed by atoms with van der Waals surface area (Å²) >= 11 is 1.19. The van der Waals surface area contributed by atoms with Gasteiger partial charge in [0.25, 0.3) is 5.91 Å². The average molecular weight is 825 g/mol. The maximum absolute atomic E-state index is 14.4. The van der Waals surface area contributed by atoms with E-state index in [-0.39, 0.29) is 66.7 Å². The second-order valence-electron chi connectivity index (χ2n) is 16.9. The van der Waals surface area contributed by atoms with E-state index in [0.29, 0.717) is 30.7 Å². The molecule has 58 heavy (non-hydrogen) atoms. The lowest BCUT2D eigenvalue weighted by Gasteiger charge is -2.38. The quantitative estimate of drug-likeness (QED) is 0.102. The summed E-state index contributed by atoms with van der Waals surface area (Å²) in [5, 5.41) is 14.7. The SMILES string of the molecule is CCCC(=O)O[C@H](C[C@H](C(C)C)N(C)C(=O)[C@@H](CC(=O)[C@@]1(C)CCCN1C)[C@@H](C)CC)c1nc(C(=O)N[C@@H](Cc2ccc(CC(=O)CC)cc2)C[C@H](C)C(=O)O)cs1. The van der Waals surface area contributed by atoms with Gasteiger partial charge in [-0.1, -0.05) is 79.2 Å². The van der Waals surface area contributed by atoms with Crippen LogP contribution in [0.15, 0.2) is 29.6 Å². The van der Waals surface area contributed by atoms with Crippen LogP contribution < -0.4 is 5.32 Å². The molecular weight excluding hydrogens is 757 g/mol. The molecule has 1 aliphatic heterocycles. The number of nitrogens with one attached hydrogen (secondary N) is 1. The number of esters is 1. The van der Waals surface area contributed by atoms with E-state index in [2.05, 4.69) is 15.2 Å². The summed E-state index contributed by atoms with van der Waals surface area (Å²) in [6.07, 6.45) is 4.13. The summed E-state index contributed by atoms with van der Waals surface area (Å²) in [5.41, 5.74) is 1.30. The van der Waals surface area contributed by atoms with Gasteiger partial charge in [0.15, 0.2) is 11.9 Å². The average Bonchev–Trinajstić information content (AvgIpc) is 3.82. The Balaban J connectivity index is 1.87. The number of carbonyl (C=O) groups excluding carboxylic acids is 5. The van der Waals surface area contributed by atoms with Gasteiger partial charge in [-0.25, -0.2) is 4.98 Å². The van der Waals surface area contributed by atoms with E-state index in [1.54, 1.807) is 24.3 Å². The van der Waals surface area contributed by atoms with Gasteiger partial charge >= 0.3 is 11.9 Å². The maximum Gasteiger partial charge on any atom is 0.306 e. The zero-order valence-corrected chi connectivity index (χ0v) is 37.3. The summed E-state index contributed by atoms with van der Waals surface area (Å²) in [5.74, 6) is -3.07. The molecule has 0 saturated carbocycles. The van der Waals surface area contributed by atoms with Crippen molar-refractivity contribution in [2.75, 3.05) is 20.6 Å². The van der Waals surface area contributed by atoms with Crippen molar-refractivity contribution in [2.24, 2.45) is 23.7 Å². The summed E-state index contributed by atoms with van der Waals surface area (Å²) in [4.78, 5) is 87.2. The lowest BCUT2D eigenvalue weighted by atomic mass is 9.80. The van der Waals surface area contributed by atoms with E-state index < -0.39 is 47.4 Å². The number of benzene rings is 1. The molecule has 0 unspecified atom stereocenters. The third-order valence-corrected chi connectivity index (χ3v) is 13.1. The number of likely N-dealkylation sites (tertiary alicyclic amines) is 1. The highest BCUT2D eigenvalue weighted by molar-refractivity contribution is 7.09. The predicted octanol–water partition coefficient (Wildman–Crippen LogP) is 7.48. The first-order chi connectivity index (χ1) is 27.3. The molecule has 1 aromatic carbocycles. The molecule has 2 N–H and O–H groups in total.